The normalized spacial score (nSPS) is 16.1. The van der Waals surface area contributed by atoms with Gasteiger partial charge in [0.15, 0.2) is 0 Å². The van der Waals surface area contributed by atoms with Crippen molar-refractivity contribution < 1.29 is 4.79 Å². The number of nitrogens with one attached hydrogen (secondary N) is 1. The molecule has 0 aliphatic heterocycles. The molecule has 1 saturated carbocycles. The minimum Gasteiger partial charge on any atom is -0.397 e. The number of carbonyl (C=O) groups excluding carboxylic acids is 1. The first kappa shape index (κ1) is 14.9. The van der Waals surface area contributed by atoms with Gasteiger partial charge in [-0.05, 0) is 37.0 Å². The van der Waals surface area contributed by atoms with Crippen molar-refractivity contribution >= 4 is 48.9 Å². The van der Waals surface area contributed by atoms with Crippen molar-refractivity contribution in [2.75, 3.05) is 5.73 Å². The van der Waals surface area contributed by atoms with E-state index >= 15 is 0 Å². The second-order valence-electron chi connectivity index (χ2n) is 5.74. The predicted octanol–water partition coefficient (Wildman–Crippen LogP) is 4.55. The van der Waals surface area contributed by atoms with Gasteiger partial charge in [-0.2, -0.15) is 0 Å². The topological polar surface area (TPSA) is 55.1 Å². The highest BCUT2D eigenvalue weighted by molar-refractivity contribution is 9.10. The van der Waals surface area contributed by atoms with Crippen molar-refractivity contribution in [1.29, 1.82) is 0 Å². The standard InChI is InChI=1S/C16H19BrN2OS/c1-2-11(7-9-3-4-9)19-16(20)15-14(18)12-8-10(17)5-6-13(12)21-15/h5-6,8-9,11H,2-4,7,18H2,1H3,(H,19,20). The van der Waals surface area contributed by atoms with Crippen LogP contribution in [0.2, 0.25) is 0 Å². The molecule has 1 aromatic carbocycles. The third-order valence-electron chi connectivity index (χ3n) is 4.04. The Labute approximate surface area is 137 Å². The zero-order valence-electron chi connectivity index (χ0n) is 12.0. The van der Waals surface area contributed by atoms with Gasteiger partial charge in [-0.15, -0.1) is 11.3 Å². The van der Waals surface area contributed by atoms with E-state index in [1.807, 2.05) is 18.2 Å². The van der Waals surface area contributed by atoms with Gasteiger partial charge in [-0.1, -0.05) is 35.7 Å². The lowest BCUT2D eigenvalue weighted by Gasteiger charge is -2.16. The summed E-state index contributed by atoms with van der Waals surface area (Å²) in [5, 5.41) is 4.10. The number of benzene rings is 1. The van der Waals surface area contributed by atoms with Crippen LogP contribution in [0.25, 0.3) is 10.1 Å². The molecule has 3 rings (SSSR count). The number of carbonyl (C=O) groups is 1. The smallest absolute Gasteiger partial charge is 0.263 e. The Balaban J connectivity index is 1.81. The van der Waals surface area contributed by atoms with E-state index in [2.05, 4.69) is 28.2 Å². The monoisotopic (exact) mass is 366 g/mol. The lowest BCUT2D eigenvalue weighted by atomic mass is 10.1. The van der Waals surface area contributed by atoms with Gasteiger partial charge in [0, 0.05) is 20.6 Å². The number of hydrogen-bond acceptors (Lipinski definition) is 3. The number of nitrogen functional groups attached to an aromatic ring is 1. The molecule has 5 heteroatoms. The fourth-order valence-electron chi connectivity index (χ4n) is 2.59. The van der Waals surface area contributed by atoms with Crippen LogP contribution in [0.4, 0.5) is 5.69 Å². The maximum Gasteiger partial charge on any atom is 0.263 e. The quantitative estimate of drug-likeness (QED) is 0.814. The first-order valence-corrected chi connectivity index (χ1v) is 8.97. The van der Waals surface area contributed by atoms with Crippen molar-refractivity contribution in [3.63, 3.8) is 0 Å². The molecule has 0 bridgehead atoms. The summed E-state index contributed by atoms with van der Waals surface area (Å²) in [7, 11) is 0. The zero-order chi connectivity index (χ0) is 15.0. The molecular weight excluding hydrogens is 348 g/mol. The summed E-state index contributed by atoms with van der Waals surface area (Å²) in [6.07, 6.45) is 4.69. The number of amides is 1. The first-order valence-electron chi connectivity index (χ1n) is 7.37. The summed E-state index contributed by atoms with van der Waals surface area (Å²) in [4.78, 5) is 13.1. The molecule has 1 unspecified atom stereocenters. The second-order valence-corrected chi connectivity index (χ2v) is 7.71. The maximum absolute atomic E-state index is 12.5. The molecule has 0 radical (unpaired) electrons. The number of hydrogen-bond donors (Lipinski definition) is 2. The summed E-state index contributed by atoms with van der Waals surface area (Å²) < 4.78 is 2.03. The summed E-state index contributed by atoms with van der Waals surface area (Å²) in [5.74, 6) is 0.781. The molecule has 1 aliphatic carbocycles. The number of halogens is 1. The third-order valence-corrected chi connectivity index (χ3v) is 5.72. The van der Waals surface area contributed by atoms with Gasteiger partial charge in [0.2, 0.25) is 0 Å². The Bertz CT molecular complexity index is 678. The summed E-state index contributed by atoms with van der Waals surface area (Å²) in [6.45, 7) is 2.12. The molecule has 1 aliphatic rings. The molecule has 21 heavy (non-hydrogen) atoms. The summed E-state index contributed by atoms with van der Waals surface area (Å²) in [6, 6.07) is 6.21. The van der Waals surface area contributed by atoms with Gasteiger partial charge in [-0.3, -0.25) is 4.79 Å². The molecule has 112 valence electrons. The summed E-state index contributed by atoms with van der Waals surface area (Å²) >= 11 is 4.92. The molecule has 1 fully saturated rings. The minimum absolute atomic E-state index is 0.0303. The maximum atomic E-state index is 12.5. The van der Waals surface area contributed by atoms with Gasteiger partial charge in [0.1, 0.15) is 4.88 Å². The number of fused-ring (bicyclic) bond motifs is 1. The Kier molecular flexibility index (Phi) is 4.22. The van der Waals surface area contributed by atoms with Crippen LogP contribution in [0.5, 0.6) is 0 Å². The number of thiophene rings is 1. The van der Waals surface area contributed by atoms with E-state index in [1.165, 1.54) is 24.2 Å². The zero-order valence-corrected chi connectivity index (χ0v) is 14.4. The van der Waals surface area contributed by atoms with Crippen molar-refractivity contribution in [2.24, 2.45) is 5.92 Å². The van der Waals surface area contributed by atoms with E-state index in [4.69, 9.17) is 5.73 Å². The Morgan fingerprint density at radius 1 is 1.52 bits per heavy atom. The summed E-state index contributed by atoms with van der Waals surface area (Å²) in [5.41, 5.74) is 6.76. The van der Waals surface area contributed by atoms with Crippen LogP contribution < -0.4 is 11.1 Å². The Morgan fingerprint density at radius 2 is 2.29 bits per heavy atom. The van der Waals surface area contributed by atoms with Crippen LogP contribution in [0.1, 0.15) is 42.3 Å². The van der Waals surface area contributed by atoms with Crippen molar-refractivity contribution in [1.82, 2.24) is 5.32 Å². The van der Waals surface area contributed by atoms with E-state index in [-0.39, 0.29) is 11.9 Å². The largest absolute Gasteiger partial charge is 0.397 e. The third kappa shape index (κ3) is 3.24. The van der Waals surface area contributed by atoms with Crippen LogP contribution in [0.15, 0.2) is 22.7 Å². The van der Waals surface area contributed by atoms with E-state index < -0.39 is 0 Å². The lowest BCUT2D eigenvalue weighted by molar-refractivity contribution is 0.0937. The van der Waals surface area contributed by atoms with Crippen LogP contribution in [-0.4, -0.2) is 11.9 Å². The number of nitrogens with two attached hydrogens (primary N) is 1. The molecular formula is C16H19BrN2OS. The molecule has 1 aromatic heterocycles. The van der Waals surface area contributed by atoms with E-state index in [1.54, 1.807) is 0 Å². The van der Waals surface area contributed by atoms with Crippen LogP contribution >= 0.6 is 27.3 Å². The van der Waals surface area contributed by atoms with Gasteiger partial charge in [0.05, 0.1) is 5.69 Å². The van der Waals surface area contributed by atoms with Gasteiger partial charge in [0.25, 0.3) is 5.91 Å². The van der Waals surface area contributed by atoms with Crippen LogP contribution in [0.3, 0.4) is 0 Å². The highest BCUT2D eigenvalue weighted by Gasteiger charge is 2.26. The highest BCUT2D eigenvalue weighted by Crippen LogP contribution is 2.36. The molecule has 0 saturated heterocycles. The highest BCUT2D eigenvalue weighted by atomic mass is 79.9. The molecule has 1 atom stereocenters. The van der Waals surface area contributed by atoms with Crippen molar-refractivity contribution in [3.05, 3.63) is 27.5 Å². The van der Waals surface area contributed by atoms with Crippen molar-refractivity contribution in [3.8, 4) is 0 Å². The lowest BCUT2D eigenvalue weighted by Crippen LogP contribution is -2.34. The average molecular weight is 367 g/mol. The fourth-order valence-corrected chi connectivity index (χ4v) is 3.96. The molecule has 2 aromatic rings. The van der Waals surface area contributed by atoms with Crippen LogP contribution in [0, 0.1) is 5.92 Å². The SMILES string of the molecule is CCC(CC1CC1)NC(=O)c1sc2ccc(Br)cc2c1N. The van der Waals surface area contributed by atoms with E-state index in [0.29, 0.717) is 10.6 Å². The minimum atomic E-state index is -0.0303. The van der Waals surface area contributed by atoms with E-state index in [0.717, 1.165) is 33.3 Å². The number of rotatable bonds is 5. The Morgan fingerprint density at radius 3 is 2.95 bits per heavy atom. The van der Waals surface area contributed by atoms with Gasteiger partial charge >= 0.3 is 0 Å². The Hall–Kier alpha value is -1.07. The molecule has 3 nitrogen and oxygen atoms in total. The molecule has 1 amide bonds. The molecule has 3 N–H and O–H groups in total. The van der Waals surface area contributed by atoms with Gasteiger partial charge < -0.3 is 11.1 Å². The van der Waals surface area contributed by atoms with Crippen molar-refractivity contribution in [2.45, 2.75) is 38.6 Å². The van der Waals surface area contributed by atoms with Crippen LogP contribution in [-0.2, 0) is 0 Å². The number of anilines is 1. The first-order chi connectivity index (χ1) is 10.1. The fraction of sp³-hybridized carbons (Fsp3) is 0.438. The van der Waals surface area contributed by atoms with Gasteiger partial charge in [-0.25, -0.2) is 0 Å². The average Bonchev–Trinajstić information content (AvgIpc) is 3.22. The predicted molar refractivity (Wildman–Crippen MR) is 92.8 cm³/mol. The van der Waals surface area contributed by atoms with E-state index in [9.17, 15) is 4.79 Å². The molecule has 1 heterocycles. The second kappa shape index (κ2) is 5.97. The molecule has 0 spiro atoms.